The Morgan fingerprint density at radius 2 is 2.14 bits per heavy atom. The summed E-state index contributed by atoms with van der Waals surface area (Å²) in [7, 11) is -4.75. The molecule has 0 spiro atoms. The molecule has 1 aromatic rings. The summed E-state index contributed by atoms with van der Waals surface area (Å²) in [6.45, 7) is 0.227. The van der Waals surface area contributed by atoms with E-state index in [2.05, 4.69) is 15.3 Å². The van der Waals surface area contributed by atoms with E-state index in [9.17, 15) is 29.3 Å². The standard InChI is InChI=1S/C19H27N4O12P/c1-9(25)21-11-3-2-10(34-18(11)31-5-4-24)7-32-36(29,30)33-8-13-15(26)16(27)17(35-13)12-6-14(20)23-19(28)22-12/h2-3,6-7,11,13,15-18,24,26-27H,4-5,8H2,1H3,(H,21,25)(H,29,30)(H3,20,22,23,28)/b10-7+/t11-,13-,15-,16-,17+,18-/m1/s1. The summed E-state index contributed by atoms with van der Waals surface area (Å²) in [5, 5.41) is 32.0. The number of carbonyl (C=O) groups excluding carboxylic acids is 1. The Morgan fingerprint density at radius 3 is 2.81 bits per heavy atom. The number of ether oxygens (including phenoxy) is 3. The van der Waals surface area contributed by atoms with Crippen LogP contribution in [0.15, 0.2) is 35.0 Å². The summed E-state index contributed by atoms with van der Waals surface area (Å²) in [6.07, 6.45) is -2.94. The Morgan fingerprint density at radius 1 is 1.39 bits per heavy atom. The molecule has 16 nitrogen and oxygen atoms in total. The van der Waals surface area contributed by atoms with Gasteiger partial charge in [0.1, 0.15) is 42.5 Å². The molecule has 8 N–H and O–H groups in total. The van der Waals surface area contributed by atoms with E-state index in [-0.39, 0.29) is 36.4 Å². The van der Waals surface area contributed by atoms with Crippen LogP contribution in [0.2, 0.25) is 0 Å². The quantitative estimate of drug-likeness (QED) is 0.126. The first-order chi connectivity index (χ1) is 17.0. The molecule has 1 amide bonds. The van der Waals surface area contributed by atoms with Crippen molar-refractivity contribution < 1.29 is 52.8 Å². The second-order valence-corrected chi connectivity index (χ2v) is 9.10. The third-order valence-corrected chi connectivity index (χ3v) is 5.76. The fourth-order valence-electron chi connectivity index (χ4n) is 3.37. The van der Waals surface area contributed by atoms with Crippen LogP contribution in [0.1, 0.15) is 18.7 Å². The maximum atomic E-state index is 12.3. The molecule has 3 heterocycles. The number of anilines is 1. The molecule has 1 aromatic heterocycles. The number of phosphoric ester groups is 1. The summed E-state index contributed by atoms with van der Waals surface area (Å²) < 4.78 is 38.2. The molecular formula is C19H27N4O12P. The molecule has 0 bridgehead atoms. The van der Waals surface area contributed by atoms with E-state index >= 15 is 0 Å². The van der Waals surface area contributed by atoms with Gasteiger partial charge in [0.15, 0.2) is 5.76 Å². The maximum absolute atomic E-state index is 12.3. The molecule has 200 valence electrons. The average Bonchev–Trinajstić information content (AvgIpc) is 3.09. The van der Waals surface area contributed by atoms with Gasteiger partial charge in [0.25, 0.3) is 0 Å². The molecule has 0 aliphatic carbocycles. The van der Waals surface area contributed by atoms with E-state index < -0.39 is 56.9 Å². The minimum Gasteiger partial charge on any atom is -0.459 e. The van der Waals surface area contributed by atoms with Crippen molar-refractivity contribution in [2.45, 2.75) is 43.7 Å². The van der Waals surface area contributed by atoms with Crippen molar-refractivity contribution >= 4 is 19.5 Å². The minimum absolute atomic E-state index is 0.0477. The van der Waals surface area contributed by atoms with Gasteiger partial charge in [-0.05, 0) is 6.08 Å². The predicted octanol–water partition coefficient (Wildman–Crippen LogP) is -2.09. The number of aromatic nitrogens is 2. The highest BCUT2D eigenvalue weighted by Gasteiger charge is 2.45. The molecule has 0 saturated carbocycles. The summed E-state index contributed by atoms with van der Waals surface area (Å²) in [5.74, 6) is -0.541. The number of nitrogens with one attached hydrogen (secondary N) is 2. The van der Waals surface area contributed by atoms with E-state index in [4.69, 9.17) is 34.1 Å². The zero-order valence-electron chi connectivity index (χ0n) is 18.9. The number of hydrogen-bond acceptors (Lipinski definition) is 13. The first-order valence-corrected chi connectivity index (χ1v) is 12.1. The lowest BCUT2D eigenvalue weighted by Gasteiger charge is -2.29. The fraction of sp³-hybridized carbons (Fsp3) is 0.526. The number of nitrogen functional groups attached to an aromatic ring is 1. The molecule has 17 heteroatoms. The Hall–Kier alpha value is -2.82. The van der Waals surface area contributed by atoms with Crippen molar-refractivity contribution in [2.75, 3.05) is 25.6 Å². The number of aromatic amines is 1. The second kappa shape index (κ2) is 11.9. The monoisotopic (exact) mass is 534 g/mol. The van der Waals surface area contributed by atoms with Crippen LogP contribution in [-0.2, 0) is 32.6 Å². The average molecular weight is 534 g/mol. The van der Waals surface area contributed by atoms with Crippen molar-refractivity contribution in [1.82, 2.24) is 15.3 Å². The number of aliphatic hydroxyl groups excluding tert-OH is 3. The van der Waals surface area contributed by atoms with E-state index in [1.54, 1.807) is 0 Å². The first-order valence-electron chi connectivity index (χ1n) is 10.6. The third-order valence-electron chi connectivity index (χ3n) is 4.91. The third kappa shape index (κ3) is 7.35. The van der Waals surface area contributed by atoms with Gasteiger partial charge >= 0.3 is 13.5 Å². The van der Waals surface area contributed by atoms with Gasteiger partial charge in [0, 0.05) is 13.0 Å². The van der Waals surface area contributed by atoms with Crippen molar-refractivity contribution in [3.8, 4) is 0 Å². The van der Waals surface area contributed by atoms with Crippen molar-refractivity contribution in [1.29, 1.82) is 0 Å². The van der Waals surface area contributed by atoms with Crippen molar-refractivity contribution in [3.63, 3.8) is 0 Å². The van der Waals surface area contributed by atoms with Crippen molar-refractivity contribution in [2.24, 2.45) is 0 Å². The zero-order chi connectivity index (χ0) is 26.5. The number of nitrogens with two attached hydrogens (primary N) is 1. The summed E-state index contributed by atoms with van der Waals surface area (Å²) in [4.78, 5) is 38.6. The van der Waals surface area contributed by atoms with Gasteiger partial charge in [-0.2, -0.15) is 4.98 Å². The van der Waals surface area contributed by atoms with Gasteiger partial charge < -0.3 is 50.1 Å². The molecule has 0 radical (unpaired) electrons. The minimum atomic E-state index is -4.75. The zero-order valence-corrected chi connectivity index (χ0v) is 19.8. The SMILES string of the molecule is CC(=O)N[C@@H]1C=C/C(=C\OP(=O)(O)OC[C@H]2O[C@@H](c3cc(N)nc(=O)[nH]3)[C@H](O)[C@@H]2O)O[C@H]1OCCO. The number of carbonyl (C=O) groups is 1. The van der Waals surface area contributed by atoms with Crippen molar-refractivity contribution in [3.05, 3.63) is 46.4 Å². The number of H-pyrrole nitrogens is 1. The number of allylic oxidation sites excluding steroid dienone is 1. The highest BCUT2D eigenvalue weighted by molar-refractivity contribution is 7.47. The summed E-state index contributed by atoms with van der Waals surface area (Å²) >= 11 is 0. The van der Waals surface area contributed by atoms with Crippen LogP contribution in [0.4, 0.5) is 5.82 Å². The van der Waals surface area contributed by atoms with Crippen LogP contribution in [0.5, 0.6) is 0 Å². The van der Waals surface area contributed by atoms with Gasteiger partial charge in [-0.15, -0.1) is 0 Å². The van der Waals surface area contributed by atoms with Crippen LogP contribution in [0.25, 0.3) is 0 Å². The second-order valence-electron chi connectivity index (χ2n) is 7.70. The first kappa shape index (κ1) is 27.8. The molecule has 1 fully saturated rings. The van der Waals surface area contributed by atoms with Gasteiger partial charge in [0.05, 0.1) is 25.5 Å². The maximum Gasteiger partial charge on any atom is 0.527 e. The Bertz CT molecular complexity index is 1090. The Labute approximate surface area is 203 Å². The lowest BCUT2D eigenvalue weighted by molar-refractivity contribution is -0.142. The normalized spacial score (nSPS) is 30.5. The number of amides is 1. The van der Waals surface area contributed by atoms with Crippen LogP contribution in [0, 0.1) is 0 Å². The van der Waals surface area contributed by atoms with Crippen LogP contribution >= 0.6 is 7.82 Å². The predicted molar refractivity (Wildman–Crippen MR) is 118 cm³/mol. The highest BCUT2D eigenvalue weighted by atomic mass is 31.2. The van der Waals surface area contributed by atoms with Gasteiger partial charge in [-0.25, -0.2) is 9.36 Å². The topological polar surface area (TPSA) is 245 Å². The molecular weight excluding hydrogens is 507 g/mol. The molecule has 2 aliphatic heterocycles. The molecule has 2 aliphatic rings. The lowest BCUT2D eigenvalue weighted by atomic mass is 10.1. The van der Waals surface area contributed by atoms with Crippen LogP contribution in [0.3, 0.4) is 0 Å². The fourth-order valence-corrected chi connectivity index (χ4v) is 4.00. The van der Waals surface area contributed by atoms with E-state index in [1.165, 1.54) is 25.1 Å². The molecule has 36 heavy (non-hydrogen) atoms. The van der Waals surface area contributed by atoms with Crippen LogP contribution in [-0.4, -0.2) is 86.6 Å². The molecule has 1 unspecified atom stereocenters. The summed E-state index contributed by atoms with van der Waals surface area (Å²) in [6, 6.07) is 0.554. The van der Waals surface area contributed by atoms with E-state index in [0.29, 0.717) is 0 Å². The van der Waals surface area contributed by atoms with Gasteiger partial charge in [0.2, 0.25) is 12.2 Å². The summed E-state index contributed by atoms with van der Waals surface area (Å²) in [5.41, 5.74) is 4.77. The lowest BCUT2D eigenvalue weighted by Crippen LogP contribution is -2.45. The molecule has 0 aromatic carbocycles. The van der Waals surface area contributed by atoms with Crippen LogP contribution < -0.4 is 16.7 Å². The Kier molecular flexibility index (Phi) is 9.21. The number of nitrogens with zero attached hydrogens (tertiary/aromatic N) is 1. The number of hydrogen-bond donors (Lipinski definition) is 7. The number of aliphatic hydroxyl groups is 3. The highest BCUT2D eigenvalue weighted by Crippen LogP contribution is 2.45. The van der Waals surface area contributed by atoms with E-state index in [0.717, 1.165) is 6.26 Å². The Balaban J connectivity index is 1.59. The van der Waals surface area contributed by atoms with E-state index in [1.807, 2.05) is 0 Å². The number of rotatable bonds is 10. The molecule has 7 atom stereocenters. The largest absolute Gasteiger partial charge is 0.527 e. The number of phosphoric acid groups is 1. The smallest absolute Gasteiger partial charge is 0.459 e. The molecule has 3 rings (SSSR count). The molecule has 1 saturated heterocycles. The van der Waals surface area contributed by atoms with Gasteiger partial charge in [-0.1, -0.05) is 6.08 Å². The van der Waals surface area contributed by atoms with Gasteiger partial charge in [-0.3, -0.25) is 14.2 Å².